The minimum atomic E-state index is 0.251. The number of likely N-dealkylation sites (N-methyl/N-ethyl adjacent to an activating group) is 1. The summed E-state index contributed by atoms with van der Waals surface area (Å²) in [5.74, 6) is 0.251. The van der Waals surface area contributed by atoms with Crippen molar-refractivity contribution in [2.75, 3.05) is 39.8 Å². The van der Waals surface area contributed by atoms with Gasteiger partial charge in [0.1, 0.15) is 0 Å². The first-order chi connectivity index (χ1) is 12.7. The van der Waals surface area contributed by atoms with Gasteiger partial charge in [0.05, 0.1) is 6.54 Å². The number of amides is 1. The number of benzene rings is 1. The van der Waals surface area contributed by atoms with E-state index in [2.05, 4.69) is 34.1 Å². The monoisotopic (exact) mass is 357 g/mol. The Morgan fingerprint density at radius 1 is 0.846 bits per heavy atom. The van der Waals surface area contributed by atoms with Gasteiger partial charge < -0.3 is 4.90 Å². The number of hydrogen-bond donors (Lipinski definition) is 0. The lowest BCUT2D eigenvalue weighted by atomic mass is 10.1. The molecular formula is C22H35N3O. The van der Waals surface area contributed by atoms with E-state index in [1.807, 2.05) is 11.9 Å². The summed E-state index contributed by atoms with van der Waals surface area (Å²) in [6, 6.07) is 8.63. The van der Waals surface area contributed by atoms with E-state index < -0.39 is 0 Å². The Kier molecular flexibility index (Phi) is 7.51. The minimum absolute atomic E-state index is 0.251. The molecule has 0 aliphatic carbocycles. The van der Waals surface area contributed by atoms with Crippen molar-refractivity contribution in [3.05, 3.63) is 35.4 Å². The Morgan fingerprint density at radius 2 is 1.38 bits per heavy atom. The van der Waals surface area contributed by atoms with Gasteiger partial charge in [0.25, 0.3) is 0 Å². The third-order valence-electron chi connectivity index (χ3n) is 5.85. The SMILES string of the molecule is CN(Cc1ccccc1CN1CCCC1)C(=O)CN1CCCCCCC1. The molecule has 0 atom stereocenters. The Bertz CT molecular complexity index is 560. The molecule has 2 fully saturated rings. The van der Waals surface area contributed by atoms with E-state index in [1.165, 1.54) is 69.2 Å². The normalized spacial score (nSPS) is 19.9. The van der Waals surface area contributed by atoms with Gasteiger partial charge in [-0.25, -0.2) is 0 Å². The Labute approximate surface area is 159 Å². The Hall–Kier alpha value is -1.39. The standard InChI is InChI=1S/C22H35N3O/c1-23(22(26)19-25-13-7-3-2-4-8-14-25)17-20-11-5-6-12-21(20)18-24-15-9-10-16-24/h5-6,11-12H,2-4,7-10,13-19H2,1H3. The van der Waals surface area contributed by atoms with E-state index in [1.54, 1.807) is 0 Å². The summed E-state index contributed by atoms with van der Waals surface area (Å²) >= 11 is 0. The number of carbonyl (C=O) groups excluding carboxylic acids is 1. The highest BCUT2D eigenvalue weighted by Gasteiger charge is 2.18. The van der Waals surface area contributed by atoms with Gasteiger partial charge in [-0.1, -0.05) is 43.5 Å². The van der Waals surface area contributed by atoms with Gasteiger partial charge in [-0.3, -0.25) is 14.6 Å². The predicted octanol–water partition coefficient (Wildman–Crippen LogP) is 3.51. The van der Waals surface area contributed by atoms with Gasteiger partial charge >= 0.3 is 0 Å². The van der Waals surface area contributed by atoms with Crippen LogP contribution in [0.4, 0.5) is 0 Å². The maximum Gasteiger partial charge on any atom is 0.236 e. The fourth-order valence-electron chi connectivity index (χ4n) is 4.17. The number of likely N-dealkylation sites (tertiary alicyclic amines) is 2. The van der Waals surface area contributed by atoms with Crippen molar-refractivity contribution in [2.45, 2.75) is 58.0 Å². The maximum absolute atomic E-state index is 12.7. The lowest BCUT2D eigenvalue weighted by Gasteiger charge is -2.27. The molecule has 3 rings (SSSR count). The van der Waals surface area contributed by atoms with Gasteiger partial charge in [-0.15, -0.1) is 0 Å². The molecule has 4 heteroatoms. The molecule has 2 aliphatic rings. The molecule has 0 aromatic heterocycles. The number of nitrogens with zero attached hydrogens (tertiary/aromatic N) is 3. The molecule has 0 bridgehead atoms. The summed E-state index contributed by atoms with van der Waals surface area (Å²) in [4.78, 5) is 19.5. The van der Waals surface area contributed by atoms with Crippen LogP contribution in [0.2, 0.25) is 0 Å². The molecule has 0 unspecified atom stereocenters. The average Bonchev–Trinajstić information content (AvgIpc) is 3.12. The van der Waals surface area contributed by atoms with Gasteiger partial charge in [0.15, 0.2) is 0 Å². The summed E-state index contributed by atoms with van der Waals surface area (Å²) in [7, 11) is 1.96. The molecule has 2 aliphatic heterocycles. The highest BCUT2D eigenvalue weighted by molar-refractivity contribution is 5.78. The zero-order valence-corrected chi connectivity index (χ0v) is 16.5. The van der Waals surface area contributed by atoms with Gasteiger partial charge in [-0.2, -0.15) is 0 Å². The molecule has 4 nitrogen and oxygen atoms in total. The maximum atomic E-state index is 12.7. The van der Waals surface area contributed by atoms with E-state index in [0.717, 1.165) is 26.2 Å². The summed E-state index contributed by atoms with van der Waals surface area (Å²) in [5.41, 5.74) is 2.67. The molecule has 0 saturated carbocycles. The number of rotatable bonds is 6. The van der Waals surface area contributed by atoms with Crippen LogP contribution in [0.5, 0.6) is 0 Å². The van der Waals surface area contributed by atoms with Crippen LogP contribution in [0.3, 0.4) is 0 Å². The van der Waals surface area contributed by atoms with E-state index in [-0.39, 0.29) is 5.91 Å². The van der Waals surface area contributed by atoms with Crippen LogP contribution in [0.15, 0.2) is 24.3 Å². The van der Waals surface area contributed by atoms with Crippen molar-refractivity contribution in [1.82, 2.24) is 14.7 Å². The van der Waals surface area contributed by atoms with E-state index in [9.17, 15) is 4.79 Å². The third kappa shape index (κ3) is 5.82. The van der Waals surface area contributed by atoms with Gasteiger partial charge in [0, 0.05) is 20.1 Å². The van der Waals surface area contributed by atoms with Crippen molar-refractivity contribution < 1.29 is 4.79 Å². The minimum Gasteiger partial charge on any atom is -0.340 e. The van der Waals surface area contributed by atoms with Gasteiger partial charge in [-0.05, 0) is 63.0 Å². The largest absolute Gasteiger partial charge is 0.340 e. The van der Waals surface area contributed by atoms with Crippen LogP contribution in [0, 0.1) is 0 Å². The average molecular weight is 358 g/mol. The third-order valence-corrected chi connectivity index (χ3v) is 5.85. The first-order valence-corrected chi connectivity index (χ1v) is 10.5. The van der Waals surface area contributed by atoms with Crippen molar-refractivity contribution >= 4 is 5.91 Å². The number of hydrogen-bond acceptors (Lipinski definition) is 3. The lowest BCUT2D eigenvalue weighted by Crippen LogP contribution is -2.39. The van der Waals surface area contributed by atoms with Crippen molar-refractivity contribution in [3.8, 4) is 0 Å². The molecule has 0 radical (unpaired) electrons. The Morgan fingerprint density at radius 3 is 2.08 bits per heavy atom. The Balaban J connectivity index is 1.54. The van der Waals surface area contributed by atoms with Crippen molar-refractivity contribution in [2.24, 2.45) is 0 Å². The second kappa shape index (κ2) is 10.1. The summed E-state index contributed by atoms with van der Waals surface area (Å²) in [6.07, 6.45) is 9.07. The van der Waals surface area contributed by atoms with Crippen LogP contribution in [0.25, 0.3) is 0 Å². The number of carbonyl (C=O) groups is 1. The first kappa shape index (κ1) is 19.4. The lowest BCUT2D eigenvalue weighted by molar-refractivity contribution is -0.131. The predicted molar refractivity (Wildman–Crippen MR) is 107 cm³/mol. The molecule has 1 amide bonds. The summed E-state index contributed by atoms with van der Waals surface area (Å²) in [6.45, 7) is 6.87. The van der Waals surface area contributed by atoms with Crippen LogP contribution < -0.4 is 0 Å². The fraction of sp³-hybridized carbons (Fsp3) is 0.682. The van der Waals surface area contributed by atoms with E-state index >= 15 is 0 Å². The van der Waals surface area contributed by atoms with E-state index in [4.69, 9.17) is 0 Å². The second-order valence-electron chi connectivity index (χ2n) is 8.05. The molecule has 1 aromatic rings. The quantitative estimate of drug-likeness (QED) is 0.779. The topological polar surface area (TPSA) is 26.8 Å². The van der Waals surface area contributed by atoms with Crippen LogP contribution in [0.1, 0.15) is 56.1 Å². The highest BCUT2D eigenvalue weighted by Crippen LogP contribution is 2.18. The van der Waals surface area contributed by atoms with Crippen LogP contribution in [-0.4, -0.2) is 60.4 Å². The van der Waals surface area contributed by atoms with Gasteiger partial charge in [0.2, 0.25) is 5.91 Å². The van der Waals surface area contributed by atoms with E-state index in [0.29, 0.717) is 6.54 Å². The van der Waals surface area contributed by atoms with Crippen molar-refractivity contribution in [3.63, 3.8) is 0 Å². The summed E-state index contributed by atoms with van der Waals surface area (Å²) in [5, 5.41) is 0. The molecule has 0 spiro atoms. The molecule has 144 valence electrons. The molecule has 0 N–H and O–H groups in total. The molecular weight excluding hydrogens is 322 g/mol. The fourth-order valence-corrected chi connectivity index (χ4v) is 4.17. The first-order valence-electron chi connectivity index (χ1n) is 10.5. The zero-order valence-electron chi connectivity index (χ0n) is 16.5. The second-order valence-corrected chi connectivity index (χ2v) is 8.05. The molecule has 2 saturated heterocycles. The highest BCUT2D eigenvalue weighted by atomic mass is 16.2. The smallest absolute Gasteiger partial charge is 0.236 e. The zero-order chi connectivity index (χ0) is 18.2. The van der Waals surface area contributed by atoms with Crippen LogP contribution >= 0.6 is 0 Å². The molecule has 1 aromatic carbocycles. The molecule has 2 heterocycles. The van der Waals surface area contributed by atoms with Crippen molar-refractivity contribution in [1.29, 1.82) is 0 Å². The van der Waals surface area contributed by atoms with Crippen LogP contribution in [-0.2, 0) is 17.9 Å². The summed E-state index contributed by atoms with van der Waals surface area (Å²) < 4.78 is 0. The molecule has 26 heavy (non-hydrogen) atoms.